The van der Waals surface area contributed by atoms with Crippen LogP contribution in [0.5, 0.6) is 0 Å². The monoisotopic (exact) mass is 514 g/mol. The van der Waals surface area contributed by atoms with Crippen LogP contribution in [0.25, 0.3) is 0 Å². The molecule has 6 aliphatic rings. The molecule has 2 heterocycles. The van der Waals surface area contributed by atoms with E-state index in [2.05, 4.69) is 47.6 Å². The molecule has 2 aliphatic heterocycles. The van der Waals surface area contributed by atoms with Gasteiger partial charge in [0, 0.05) is 25.7 Å². The molecule has 1 spiro atoms. The van der Waals surface area contributed by atoms with Crippen molar-refractivity contribution >= 4 is 5.97 Å². The van der Waals surface area contributed by atoms with Crippen molar-refractivity contribution in [2.45, 2.75) is 148 Å². The Balaban J connectivity index is 1.33. The number of esters is 1. The molecule has 2 saturated heterocycles. The maximum Gasteiger partial charge on any atom is 0.302 e. The Bertz CT molecular complexity index is 1010. The van der Waals surface area contributed by atoms with Crippen molar-refractivity contribution in [3.8, 4) is 0 Å². The molecule has 2 unspecified atom stereocenters. The van der Waals surface area contributed by atoms with E-state index in [0.29, 0.717) is 11.8 Å². The molecule has 5 heteroatoms. The van der Waals surface area contributed by atoms with E-state index in [0.717, 1.165) is 63.2 Å². The van der Waals surface area contributed by atoms with Gasteiger partial charge in [-0.15, -0.1) is 0 Å². The predicted molar refractivity (Wildman–Crippen MR) is 143 cm³/mol. The lowest BCUT2D eigenvalue weighted by molar-refractivity contribution is -0.448. The number of carbonyl (C=O) groups is 1. The van der Waals surface area contributed by atoms with Crippen molar-refractivity contribution < 1.29 is 23.7 Å². The second-order valence-electron chi connectivity index (χ2n) is 14.8. The Labute approximate surface area is 224 Å². The number of fused-ring (bicyclic) bond motifs is 2. The Morgan fingerprint density at radius 2 is 1.76 bits per heavy atom. The molecule has 5 nitrogen and oxygen atoms in total. The summed E-state index contributed by atoms with van der Waals surface area (Å²) in [6, 6.07) is 0. The van der Waals surface area contributed by atoms with Crippen LogP contribution in [-0.2, 0) is 23.7 Å². The van der Waals surface area contributed by atoms with E-state index in [1.807, 2.05) is 6.92 Å². The highest BCUT2D eigenvalue weighted by Crippen LogP contribution is 2.79. The molecule has 0 aromatic rings. The van der Waals surface area contributed by atoms with E-state index in [-0.39, 0.29) is 34.1 Å². The van der Waals surface area contributed by atoms with Crippen molar-refractivity contribution in [2.24, 2.45) is 34.5 Å². The summed E-state index contributed by atoms with van der Waals surface area (Å²) >= 11 is 0. The summed E-state index contributed by atoms with van der Waals surface area (Å²) < 4.78 is 26.9. The van der Waals surface area contributed by atoms with Crippen LogP contribution in [0.3, 0.4) is 0 Å². The van der Waals surface area contributed by atoms with Gasteiger partial charge in [-0.3, -0.25) is 4.79 Å². The minimum Gasteiger partial charge on any atom is -0.462 e. The summed E-state index contributed by atoms with van der Waals surface area (Å²) in [5.41, 5.74) is 0.300. The second-order valence-corrected chi connectivity index (χ2v) is 14.8. The first-order valence-electron chi connectivity index (χ1n) is 15.2. The third-order valence-corrected chi connectivity index (χ3v) is 12.7. The smallest absolute Gasteiger partial charge is 0.302 e. The van der Waals surface area contributed by atoms with E-state index >= 15 is 0 Å². The maximum atomic E-state index is 11.8. The van der Waals surface area contributed by atoms with Crippen LogP contribution >= 0.6 is 0 Å². The van der Waals surface area contributed by atoms with E-state index in [9.17, 15) is 4.79 Å². The summed E-state index contributed by atoms with van der Waals surface area (Å²) in [5, 5.41) is 0. The second kappa shape index (κ2) is 8.07. The van der Waals surface area contributed by atoms with Gasteiger partial charge in [0.1, 0.15) is 17.3 Å². The molecule has 0 aromatic heterocycles. The first kappa shape index (κ1) is 26.3. The quantitative estimate of drug-likeness (QED) is 0.274. The average molecular weight is 515 g/mol. The zero-order chi connectivity index (χ0) is 26.6. The molecule has 3 bridgehead atoms. The van der Waals surface area contributed by atoms with Gasteiger partial charge in [-0.1, -0.05) is 60.5 Å². The number of rotatable bonds is 6. The van der Waals surface area contributed by atoms with Crippen molar-refractivity contribution in [3.05, 3.63) is 11.6 Å². The molecule has 0 radical (unpaired) electrons. The fourth-order valence-electron chi connectivity index (χ4n) is 10.4. The standard InChI is InChI=1S/C32H50O5/c1-20(2)21(3)9-10-22(4)25-11-12-26-27(25,6)15-18-32-28(7)14-13-24(34-23(5)33)19-30(28)16-17-31(26,32)36-29(8,35-30)37-32/h12,20-22,24-25H,9-11,13-19H2,1-8H3/t21?,22-,24+,25-,27-,28+,29?,30-,31+,32+/m1/s1. The molecular formula is C32H50O5. The van der Waals surface area contributed by atoms with Gasteiger partial charge in [-0.25, -0.2) is 0 Å². The van der Waals surface area contributed by atoms with E-state index in [1.54, 1.807) is 0 Å². The molecular weight excluding hydrogens is 464 g/mol. The number of carbonyl (C=O) groups excluding carboxylic acids is 1. The molecule has 0 amide bonds. The lowest BCUT2D eigenvalue weighted by Crippen LogP contribution is -2.78. The first-order chi connectivity index (χ1) is 17.3. The van der Waals surface area contributed by atoms with Crippen LogP contribution in [0.15, 0.2) is 11.6 Å². The highest BCUT2D eigenvalue weighted by Gasteiger charge is 2.86. The van der Waals surface area contributed by atoms with E-state index in [1.165, 1.54) is 25.3 Å². The van der Waals surface area contributed by atoms with Crippen LogP contribution in [0.2, 0.25) is 0 Å². The van der Waals surface area contributed by atoms with Crippen LogP contribution in [-0.4, -0.2) is 34.8 Å². The highest BCUT2D eigenvalue weighted by atomic mass is 16.9. The molecule has 4 aliphatic carbocycles. The largest absolute Gasteiger partial charge is 0.462 e. The summed E-state index contributed by atoms with van der Waals surface area (Å²) in [7, 11) is 0. The zero-order valence-corrected chi connectivity index (χ0v) is 24.6. The third-order valence-electron chi connectivity index (χ3n) is 12.7. The summed E-state index contributed by atoms with van der Waals surface area (Å²) in [6.07, 6.45) is 12.8. The summed E-state index contributed by atoms with van der Waals surface area (Å²) in [4.78, 5) is 11.8. The van der Waals surface area contributed by atoms with Gasteiger partial charge in [0.15, 0.2) is 0 Å². The third kappa shape index (κ3) is 3.23. The minimum absolute atomic E-state index is 0.0893. The Morgan fingerprint density at radius 1 is 1.00 bits per heavy atom. The summed E-state index contributed by atoms with van der Waals surface area (Å²) in [6.45, 7) is 18.1. The number of allylic oxidation sites excluding steroid dienone is 1. The van der Waals surface area contributed by atoms with Gasteiger partial charge < -0.3 is 18.9 Å². The van der Waals surface area contributed by atoms with E-state index in [4.69, 9.17) is 18.9 Å². The van der Waals surface area contributed by atoms with Gasteiger partial charge in [0.05, 0.1) is 5.60 Å². The topological polar surface area (TPSA) is 54.0 Å². The maximum absolute atomic E-state index is 11.8. The molecule has 10 atom stereocenters. The SMILES string of the molecule is CC(=O)O[C@H]1CC[C@@]2(C)[C@@]3(CC[C@@]45OC(C)(O3)O[C@@]24CC[C@@]2(C)C5=CC[C@@H]2[C@H](C)CCC(C)C(C)C)C1. The average Bonchev–Trinajstić information content (AvgIpc) is 3.24. The number of ether oxygens (including phenoxy) is 4. The van der Waals surface area contributed by atoms with Gasteiger partial charge in [-0.05, 0) is 79.6 Å². The van der Waals surface area contributed by atoms with Gasteiger partial charge in [0.25, 0.3) is 5.97 Å². The van der Waals surface area contributed by atoms with Crippen molar-refractivity contribution in [2.75, 3.05) is 0 Å². The minimum atomic E-state index is -1.05. The predicted octanol–water partition coefficient (Wildman–Crippen LogP) is 7.32. The van der Waals surface area contributed by atoms with E-state index < -0.39 is 11.6 Å². The van der Waals surface area contributed by atoms with Crippen LogP contribution in [0.4, 0.5) is 0 Å². The van der Waals surface area contributed by atoms with Gasteiger partial charge in [0.2, 0.25) is 0 Å². The molecule has 5 fully saturated rings. The van der Waals surface area contributed by atoms with Crippen molar-refractivity contribution in [1.29, 1.82) is 0 Å². The first-order valence-corrected chi connectivity index (χ1v) is 15.2. The Morgan fingerprint density at radius 3 is 2.46 bits per heavy atom. The van der Waals surface area contributed by atoms with Crippen LogP contribution < -0.4 is 0 Å². The molecule has 37 heavy (non-hydrogen) atoms. The lowest BCUT2D eigenvalue weighted by atomic mass is 9.40. The number of hydrogen-bond donors (Lipinski definition) is 0. The number of hydrogen-bond acceptors (Lipinski definition) is 5. The van der Waals surface area contributed by atoms with Crippen molar-refractivity contribution in [1.82, 2.24) is 0 Å². The molecule has 0 aromatic carbocycles. The lowest BCUT2D eigenvalue weighted by Gasteiger charge is -2.71. The molecule has 208 valence electrons. The fraction of sp³-hybridized carbons (Fsp3) is 0.906. The Kier molecular flexibility index (Phi) is 5.74. The fourth-order valence-corrected chi connectivity index (χ4v) is 10.4. The highest BCUT2D eigenvalue weighted by molar-refractivity contribution is 5.66. The summed E-state index contributed by atoms with van der Waals surface area (Å²) in [5.74, 6) is 1.63. The van der Waals surface area contributed by atoms with Gasteiger partial charge >= 0.3 is 5.97 Å². The van der Waals surface area contributed by atoms with Crippen molar-refractivity contribution in [3.63, 3.8) is 0 Å². The zero-order valence-electron chi connectivity index (χ0n) is 24.6. The van der Waals surface area contributed by atoms with Crippen LogP contribution in [0, 0.1) is 34.5 Å². The molecule has 6 rings (SSSR count). The molecule has 3 saturated carbocycles. The normalized spacial score (nSPS) is 51.2. The van der Waals surface area contributed by atoms with Crippen LogP contribution in [0.1, 0.15) is 120 Å². The molecule has 0 N–H and O–H groups in total. The Hall–Kier alpha value is -0.910. The van der Waals surface area contributed by atoms with Gasteiger partial charge in [-0.2, -0.15) is 0 Å².